The predicted octanol–water partition coefficient (Wildman–Crippen LogP) is 2.60. The number of hydrogen-bond acceptors (Lipinski definition) is 5. The molecule has 0 amide bonds. The number of thiophene rings is 1. The molecule has 0 spiro atoms. The zero-order chi connectivity index (χ0) is 11.5. The molecule has 0 aliphatic carbocycles. The third kappa shape index (κ3) is 2.22. The van der Waals surface area contributed by atoms with Crippen molar-refractivity contribution in [1.29, 1.82) is 0 Å². The highest BCUT2D eigenvalue weighted by Crippen LogP contribution is 2.31. The molecular formula is C10H7IN2O2S. The van der Waals surface area contributed by atoms with E-state index in [0.29, 0.717) is 5.56 Å². The van der Waals surface area contributed by atoms with Crippen molar-refractivity contribution in [3.05, 3.63) is 32.8 Å². The van der Waals surface area contributed by atoms with Crippen LogP contribution in [0.5, 0.6) is 0 Å². The average molecular weight is 346 g/mol. The molecule has 0 N–H and O–H groups in total. The molecule has 0 saturated heterocycles. The lowest BCUT2D eigenvalue weighted by Crippen LogP contribution is -2.00. The maximum absolute atomic E-state index is 11.4. The van der Waals surface area contributed by atoms with E-state index in [1.165, 1.54) is 18.4 Å². The first-order valence-corrected chi connectivity index (χ1v) is 6.27. The first-order valence-electron chi connectivity index (χ1n) is 4.38. The van der Waals surface area contributed by atoms with Crippen molar-refractivity contribution in [3.63, 3.8) is 0 Å². The van der Waals surface area contributed by atoms with Gasteiger partial charge in [-0.25, -0.2) is 4.79 Å². The van der Waals surface area contributed by atoms with Crippen LogP contribution < -0.4 is 0 Å². The van der Waals surface area contributed by atoms with Crippen molar-refractivity contribution >= 4 is 39.9 Å². The van der Waals surface area contributed by atoms with Gasteiger partial charge in [0.05, 0.1) is 20.4 Å². The Labute approximate surface area is 110 Å². The van der Waals surface area contributed by atoms with Gasteiger partial charge in [0.15, 0.2) is 0 Å². The number of aromatic nitrogens is 2. The third-order valence-electron chi connectivity index (χ3n) is 1.92. The van der Waals surface area contributed by atoms with E-state index in [1.54, 1.807) is 12.3 Å². The van der Waals surface area contributed by atoms with Crippen molar-refractivity contribution in [1.82, 2.24) is 10.2 Å². The molecule has 2 aromatic heterocycles. The van der Waals surface area contributed by atoms with Crippen molar-refractivity contribution in [2.24, 2.45) is 0 Å². The minimum atomic E-state index is -0.323. The fourth-order valence-electron chi connectivity index (χ4n) is 1.18. The van der Waals surface area contributed by atoms with Gasteiger partial charge in [-0.2, -0.15) is 5.10 Å². The summed E-state index contributed by atoms with van der Waals surface area (Å²) in [6, 6.07) is 5.45. The molecule has 0 radical (unpaired) electrons. The minimum absolute atomic E-state index is 0.323. The Balaban J connectivity index is 2.42. The summed E-state index contributed by atoms with van der Waals surface area (Å²) in [5.41, 5.74) is 1.34. The number of carbonyl (C=O) groups is 1. The van der Waals surface area contributed by atoms with E-state index in [4.69, 9.17) is 4.74 Å². The summed E-state index contributed by atoms with van der Waals surface area (Å²) < 4.78 is 5.59. The summed E-state index contributed by atoms with van der Waals surface area (Å²) >= 11 is 3.61. The zero-order valence-corrected chi connectivity index (χ0v) is 11.3. The van der Waals surface area contributed by atoms with Crippen molar-refractivity contribution in [3.8, 4) is 10.6 Å². The highest BCUT2D eigenvalue weighted by atomic mass is 127. The van der Waals surface area contributed by atoms with Gasteiger partial charge < -0.3 is 4.74 Å². The van der Waals surface area contributed by atoms with Crippen LogP contribution >= 0.6 is 33.9 Å². The molecule has 2 heterocycles. The monoisotopic (exact) mass is 346 g/mol. The topological polar surface area (TPSA) is 52.1 Å². The summed E-state index contributed by atoms with van der Waals surface area (Å²) in [6.07, 6.45) is 1.61. The number of ether oxygens (including phenoxy) is 1. The number of methoxy groups -OCH3 is 1. The molecule has 4 nitrogen and oxygen atoms in total. The Hall–Kier alpha value is -1.02. The molecule has 0 bridgehead atoms. The number of halogens is 1. The maximum atomic E-state index is 11.4. The lowest BCUT2D eigenvalue weighted by molar-refractivity contribution is 0.0600. The zero-order valence-electron chi connectivity index (χ0n) is 8.31. The van der Waals surface area contributed by atoms with Gasteiger partial charge in [-0.15, -0.1) is 16.4 Å². The number of carbonyl (C=O) groups excluding carboxylic acids is 1. The van der Waals surface area contributed by atoms with Crippen LogP contribution in [0, 0.1) is 2.88 Å². The first-order chi connectivity index (χ1) is 7.72. The van der Waals surface area contributed by atoms with E-state index >= 15 is 0 Å². The molecule has 0 unspecified atom stereocenters. The molecule has 0 fully saturated rings. The molecule has 16 heavy (non-hydrogen) atoms. The van der Waals surface area contributed by atoms with Gasteiger partial charge in [-0.3, -0.25) is 0 Å². The molecule has 0 aliphatic rings. The molecule has 6 heteroatoms. The van der Waals surface area contributed by atoms with Crippen LogP contribution in [-0.2, 0) is 4.74 Å². The molecule has 2 rings (SSSR count). The Bertz CT molecular complexity index is 513. The standard InChI is InChI=1S/C10H7IN2O2S/c1-15-10(14)6-5-8(16-9(6)11)7-3-2-4-12-13-7/h2-5H,1H3. The van der Waals surface area contributed by atoms with Crippen molar-refractivity contribution < 1.29 is 9.53 Å². The van der Waals surface area contributed by atoms with Gasteiger partial charge in [0, 0.05) is 6.20 Å². The molecule has 0 aromatic carbocycles. The van der Waals surface area contributed by atoms with Crippen LogP contribution in [-0.4, -0.2) is 23.3 Å². The van der Waals surface area contributed by atoms with E-state index in [0.717, 1.165) is 13.5 Å². The quantitative estimate of drug-likeness (QED) is 0.620. The van der Waals surface area contributed by atoms with Gasteiger partial charge in [0.25, 0.3) is 0 Å². The summed E-state index contributed by atoms with van der Waals surface area (Å²) in [5.74, 6) is -0.323. The number of hydrogen-bond donors (Lipinski definition) is 0. The Kier molecular flexibility index (Phi) is 3.49. The normalized spacial score (nSPS) is 10.1. The first kappa shape index (κ1) is 11.5. The highest BCUT2D eigenvalue weighted by Gasteiger charge is 2.15. The van der Waals surface area contributed by atoms with Gasteiger partial charge in [0.2, 0.25) is 0 Å². The lowest BCUT2D eigenvalue weighted by Gasteiger charge is -1.94. The minimum Gasteiger partial charge on any atom is -0.465 e. The van der Waals surface area contributed by atoms with Crippen LogP contribution in [0.4, 0.5) is 0 Å². The van der Waals surface area contributed by atoms with Crippen LogP contribution in [0.3, 0.4) is 0 Å². The second-order valence-corrected chi connectivity index (χ2v) is 5.76. The summed E-state index contributed by atoms with van der Waals surface area (Å²) in [5, 5.41) is 7.80. The number of rotatable bonds is 2. The largest absolute Gasteiger partial charge is 0.465 e. The van der Waals surface area contributed by atoms with Gasteiger partial charge >= 0.3 is 5.97 Å². The third-order valence-corrected chi connectivity index (χ3v) is 4.10. The number of nitrogens with zero attached hydrogens (tertiary/aromatic N) is 2. The molecule has 0 saturated carbocycles. The maximum Gasteiger partial charge on any atom is 0.339 e. The van der Waals surface area contributed by atoms with Crippen molar-refractivity contribution in [2.75, 3.05) is 7.11 Å². The van der Waals surface area contributed by atoms with E-state index in [-0.39, 0.29) is 5.97 Å². The molecule has 0 atom stereocenters. The van der Waals surface area contributed by atoms with Crippen molar-refractivity contribution in [2.45, 2.75) is 0 Å². The summed E-state index contributed by atoms with van der Waals surface area (Å²) in [4.78, 5) is 12.3. The van der Waals surface area contributed by atoms with Crippen LogP contribution in [0.25, 0.3) is 10.6 Å². The summed E-state index contributed by atoms with van der Waals surface area (Å²) in [6.45, 7) is 0. The Morgan fingerprint density at radius 2 is 2.38 bits per heavy atom. The molecule has 82 valence electrons. The van der Waals surface area contributed by atoms with E-state index in [1.807, 2.05) is 12.1 Å². The SMILES string of the molecule is COC(=O)c1cc(-c2cccnn2)sc1I. The molecular weight excluding hydrogens is 339 g/mol. The molecule has 0 aliphatic heterocycles. The fraction of sp³-hybridized carbons (Fsp3) is 0.100. The van der Waals surface area contributed by atoms with Crippen LogP contribution in [0.2, 0.25) is 0 Å². The van der Waals surface area contributed by atoms with Crippen LogP contribution in [0.1, 0.15) is 10.4 Å². The smallest absolute Gasteiger partial charge is 0.339 e. The fourth-order valence-corrected chi connectivity index (χ4v) is 3.10. The number of esters is 1. The summed E-state index contributed by atoms with van der Waals surface area (Å²) in [7, 11) is 1.37. The van der Waals surface area contributed by atoms with Gasteiger partial charge in [-0.05, 0) is 40.8 Å². The second-order valence-electron chi connectivity index (χ2n) is 2.90. The van der Waals surface area contributed by atoms with Crippen LogP contribution in [0.15, 0.2) is 24.4 Å². The lowest BCUT2D eigenvalue weighted by atomic mass is 10.2. The van der Waals surface area contributed by atoms with E-state index < -0.39 is 0 Å². The van der Waals surface area contributed by atoms with E-state index in [2.05, 4.69) is 32.8 Å². The Morgan fingerprint density at radius 1 is 1.56 bits per heavy atom. The van der Waals surface area contributed by atoms with Gasteiger partial charge in [0.1, 0.15) is 5.69 Å². The second kappa shape index (κ2) is 4.88. The highest BCUT2D eigenvalue weighted by molar-refractivity contribution is 14.1. The molecule has 2 aromatic rings. The van der Waals surface area contributed by atoms with E-state index in [9.17, 15) is 4.79 Å². The van der Waals surface area contributed by atoms with Gasteiger partial charge in [-0.1, -0.05) is 0 Å². The Morgan fingerprint density at radius 3 is 3.00 bits per heavy atom. The average Bonchev–Trinajstić information content (AvgIpc) is 2.71. The predicted molar refractivity (Wildman–Crippen MR) is 69.4 cm³/mol.